The predicted molar refractivity (Wildman–Crippen MR) is 91.5 cm³/mol. The summed E-state index contributed by atoms with van der Waals surface area (Å²) in [6, 6.07) is 5.33. The molecule has 24 heavy (non-hydrogen) atoms. The average molecular weight is 333 g/mol. The maximum atomic E-state index is 12.7. The zero-order valence-corrected chi connectivity index (χ0v) is 15.0. The van der Waals surface area contributed by atoms with E-state index >= 15 is 0 Å². The summed E-state index contributed by atoms with van der Waals surface area (Å²) in [5, 5.41) is 0. The number of hydrogen-bond acceptors (Lipinski definition) is 4. The smallest absolute Gasteiger partial charge is 0.410 e. The molecule has 1 saturated heterocycles. The van der Waals surface area contributed by atoms with Crippen molar-refractivity contribution in [3.05, 3.63) is 30.1 Å². The van der Waals surface area contributed by atoms with E-state index in [1.54, 1.807) is 23.0 Å². The molecule has 132 valence electrons. The Morgan fingerprint density at radius 2 is 2.12 bits per heavy atom. The van der Waals surface area contributed by atoms with Crippen molar-refractivity contribution in [1.29, 1.82) is 0 Å². The van der Waals surface area contributed by atoms with E-state index in [1.165, 1.54) is 0 Å². The summed E-state index contributed by atoms with van der Waals surface area (Å²) in [6.07, 6.45) is 3.55. The third kappa shape index (κ3) is 4.94. The fraction of sp³-hybridized carbons (Fsp3) is 0.611. The van der Waals surface area contributed by atoms with Gasteiger partial charge in [-0.3, -0.25) is 14.7 Å². The first-order chi connectivity index (χ1) is 11.3. The zero-order chi connectivity index (χ0) is 17.7. The van der Waals surface area contributed by atoms with Gasteiger partial charge in [0.15, 0.2) is 0 Å². The lowest BCUT2D eigenvalue weighted by Gasteiger charge is -2.30. The number of aromatic nitrogens is 1. The maximum absolute atomic E-state index is 12.7. The molecular formula is C18H27N3O3. The van der Waals surface area contributed by atoms with E-state index in [9.17, 15) is 9.59 Å². The van der Waals surface area contributed by atoms with Gasteiger partial charge >= 0.3 is 6.09 Å². The lowest BCUT2D eigenvalue weighted by molar-refractivity contribution is -0.134. The number of ether oxygens (including phenoxy) is 1. The van der Waals surface area contributed by atoms with Gasteiger partial charge in [0.1, 0.15) is 11.6 Å². The molecule has 1 fully saturated rings. The van der Waals surface area contributed by atoms with Crippen LogP contribution in [0.25, 0.3) is 0 Å². The number of likely N-dealkylation sites (tertiary alicyclic amines) is 1. The molecule has 2 rings (SSSR count). The number of carbonyl (C=O) groups excluding carboxylic acids is 2. The van der Waals surface area contributed by atoms with Crippen LogP contribution in [0.1, 0.15) is 39.3 Å². The van der Waals surface area contributed by atoms with Crippen molar-refractivity contribution in [2.24, 2.45) is 0 Å². The van der Waals surface area contributed by atoms with E-state index in [1.807, 2.05) is 39.0 Å². The van der Waals surface area contributed by atoms with Gasteiger partial charge in [-0.25, -0.2) is 4.79 Å². The van der Waals surface area contributed by atoms with E-state index in [2.05, 4.69) is 4.98 Å². The lowest BCUT2D eigenvalue weighted by Crippen LogP contribution is -2.48. The van der Waals surface area contributed by atoms with Crippen molar-refractivity contribution in [2.75, 3.05) is 20.1 Å². The molecule has 0 bridgehead atoms. The van der Waals surface area contributed by atoms with E-state index < -0.39 is 17.7 Å². The molecule has 6 heteroatoms. The number of pyridine rings is 1. The van der Waals surface area contributed by atoms with Crippen LogP contribution in [-0.2, 0) is 16.0 Å². The van der Waals surface area contributed by atoms with E-state index in [-0.39, 0.29) is 5.91 Å². The second-order valence-electron chi connectivity index (χ2n) is 7.16. The number of amides is 2. The summed E-state index contributed by atoms with van der Waals surface area (Å²) < 4.78 is 5.42. The Morgan fingerprint density at radius 3 is 2.75 bits per heavy atom. The Bertz CT molecular complexity index is 569. The SMILES string of the molecule is CN(CCc1ccccn1)C(=O)[C@@H]1CCCN1C(=O)OC(C)(C)C. The normalized spacial score (nSPS) is 17.7. The molecule has 0 spiro atoms. The summed E-state index contributed by atoms with van der Waals surface area (Å²) in [5.74, 6) is -0.0331. The fourth-order valence-electron chi connectivity index (χ4n) is 2.76. The lowest BCUT2D eigenvalue weighted by atomic mass is 10.2. The highest BCUT2D eigenvalue weighted by molar-refractivity contribution is 5.86. The van der Waals surface area contributed by atoms with Gasteiger partial charge < -0.3 is 9.64 Å². The summed E-state index contributed by atoms with van der Waals surface area (Å²) in [6.45, 7) is 6.64. The van der Waals surface area contributed by atoms with Gasteiger partial charge in [0.2, 0.25) is 5.91 Å². The topological polar surface area (TPSA) is 62.7 Å². The molecule has 0 unspecified atom stereocenters. The number of carbonyl (C=O) groups is 2. The van der Waals surface area contributed by atoms with Crippen molar-refractivity contribution in [1.82, 2.24) is 14.8 Å². The molecule has 1 aliphatic rings. The molecular weight excluding hydrogens is 306 g/mol. The Kier molecular flexibility index (Phi) is 5.80. The van der Waals surface area contributed by atoms with Crippen LogP contribution >= 0.6 is 0 Å². The molecule has 0 saturated carbocycles. The molecule has 0 N–H and O–H groups in total. The predicted octanol–water partition coefficient (Wildman–Crippen LogP) is 2.48. The molecule has 1 aromatic heterocycles. The summed E-state index contributed by atoms with van der Waals surface area (Å²) in [7, 11) is 1.77. The van der Waals surface area contributed by atoms with Gasteiger partial charge in [-0.15, -0.1) is 0 Å². The van der Waals surface area contributed by atoms with Crippen LogP contribution in [0.2, 0.25) is 0 Å². The second-order valence-corrected chi connectivity index (χ2v) is 7.16. The van der Waals surface area contributed by atoms with Crippen molar-refractivity contribution in [3.63, 3.8) is 0 Å². The van der Waals surface area contributed by atoms with Gasteiger partial charge in [-0.05, 0) is 45.7 Å². The number of hydrogen-bond donors (Lipinski definition) is 0. The van der Waals surface area contributed by atoms with Crippen LogP contribution in [0, 0.1) is 0 Å². The third-order valence-corrected chi connectivity index (χ3v) is 3.97. The Hall–Kier alpha value is -2.11. The zero-order valence-electron chi connectivity index (χ0n) is 15.0. The van der Waals surface area contributed by atoms with Crippen molar-refractivity contribution in [2.45, 2.75) is 51.7 Å². The second kappa shape index (κ2) is 7.64. The van der Waals surface area contributed by atoms with Crippen LogP contribution in [0.4, 0.5) is 4.79 Å². The Labute approximate surface area is 143 Å². The minimum atomic E-state index is -0.557. The Morgan fingerprint density at radius 1 is 1.38 bits per heavy atom. The van der Waals surface area contributed by atoms with Gasteiger partial charge in [0.25, 0.3) is 0 Å². The average Bonchev–Trinajstić information content (AvgIpc) is 3.01. The van der Waals surface area contributed by atoms with Gasteiger partial charge in [0.05, 0.1) is 0 Å². The third-order valence-electron chi connectivity index (χ3n) is 3.97. The van der Waals surface area contributed by atoms with Gasteiger partial charge in [-0.2, -0.15) is 0 Å². The summed E-state index contributed by atoms with van der Waals surface area (Å²) in [5.41, 5.74) is 0.394. The number of nitrogens with zero attached hydrogens (tertiary/aromatic N) is 3. The van der Waals surface area contributed by atoms with Gasteiger partial charge in [-0.1, -0.05) is 6.07 Å². The summed E-state index contributed by atoms with van der Waals surface area (Å²) >= 11 is 0. The minimum Gasteiger partial charge on any atom is -0.444 e. The number of likely N-dealkylation sites (N-methyl/N-ethyl adjacent to an activating group) is 1. The highest BCUT2D eigenvalue weighted by Crippen LogP contribution is 2.22. The van der Waals surface area contributed by atoms with Crippen LogP contribution in [0.15, 0.2) is 24.4 Å². The van der Waals surface area contributed by atoms with E-state index in [0.717, 1.165) is 12.1 Å². The molecule has 2 heterocycles. The molecule has 1 aliphatic heterocycles. The molecule has 1 atom stereocenters. The molecule has 2 amide bonds. The van der Waals surface area contributed by atoms with E-state index in [4.69, 9.17) is 4.74 Å². The highest BCUT2D eigenvalue weighted by atomic mass is 16.6. The number of rotatable bonds is 4. The molecule has 0 aromatic carbocycles. The maximum Gasteiger partial charge on any atom is 0.410 e. The standard InChI is InChI=1S/C18H27N3O3/c1-18(2,3)24-17(23)21-12-7-9-15(21)16(22)20(4)13-10-14-8-5-6-11-19-14/h5-6,8,11,15H,7,9-10,12-13H2,1-4H3/t15-/m0/s1. The van der Waals surface area contributed by atoms with Crippen molar-refractivity contribution in [3.8, 4) is 0 Å². The largest absolute Gasteiger partial charge is 0.444 e. The highest BCUT2D eigenvalue weighted by Gasteiger charge is 2.37. The monoisotopic (exact) mass is 333 g/mol. The Balaban J connectivity index is 1.93. The minimum absolute atomic E-state index is 0.0331. The van der Waals surface area contributed by atoms with Crippen molar-refractivity contribution >= 4 is 12.0 Å². The van der Waals surface area contributed by atoms with Crippen LogP contribution < -0.4 is 0 Å². The molecule has 0 aliphatic carbocycles. The first-order valence-corrected chi connectivity index (χ1v) is 8.42. The van der Waals surface area contributed by atoms with Gasteiger partial charge in [0, 0.05) is 38.4 Å². The summed E-state index contributed by atoms with van der Waals surface area (Å²) in [4.78, 5) is 32.5. The van der Waals surface area contributed by atoms with E-state index in [0.29, 0.717) is 25.9 Å². The van der Waals surface area contributed by atoms with Crippen LogP contribution in [0.3, 0.4) is 0 Å². The quantitative estimate of drug-likeness (QED) is 0.849. The molecule has 0 radical (unpaired) electrons. The first-order valence-electron chi connectivity index (χ1n) is 8.42. The van der Waals surface area contributed by atoms with Crippen LogP contribution in [0.5, 0.6) is 0 Å². The van der Waals surface area contributed by atoms with Crippen molar-refractivity contribution < 1.29 is 14.3 Å². The molecule has 1 aromatic rings. The first kappa shape index (κ1) is 18.2. The van der Waals surface area contributed by atoms with Crippen LogP contribution in [-0.4, -0.2) is 58.6 Å². The molecule has 6 nitrogen and oxygen atoms in total. The fourth-order valence-corrected chi connectivity index (χ4v) is 2.76.